The number of fused-ring (bicyclic) bond motifs is 1. The molecule has 0 saturated carbocycles. The number of aryl methyl sites for hydroxylation is 1. The highest BCUT2D eigenvalue weighted by Gasteiger charge is 2.51. The quantitative estimate of drug-likeness (QED) is 0.758. The number of hydrogen-bond donors (Lipinski definition) is 3. The summed E-state index contributed by atoms with van der Waals surface area (Å²) in [5.74, 6) is -0.518. The van der Waals surface area contributed by atoms with Gasteiger partial charge in [0.2, 0.25) is 5.79 Å². The standard InChI is InChI=1S/C16H22O5/c17-9-7-12-10-13(18)15(19)16(20-12)8-3-5-11-4-1-2-6-14(11)21-16/h1-2,4,6,12-13,15,17-19H,3,5,7-10H2/t12-,13-,15+,16+/m1/s1. The van der Waals surface area contributed by atoms with Gasteiger partial charge >= 0.3 is 0 Å². The number of ether oxygens (including phenoxy) is 2. The Morgan fingerprint density at radius 1 is 1.24 bits per heavy atom. The van der Waals surface area contributed by atoms with Gasteiger partial charge in [-0.05, 0) is 30.9 Å². The van der Waals surface area contributed by atoms with E-state index in [0.717, 1.165) is 18.4 Å². The summed E-state index contributed by atoms with van der Waals surface area (Å²) in [6, 6.07) is 7.71. The summed E-state index contributed by atoms with van der Waals surface area (Å²) in [6.07, 6.45) is 0.631. The Kier molecular flexibility index (Phi) is 4.17. The molecule has 0 radical (unpaired) electrons. The van der Waals surface area contributed by atoms with Crippen LogP contribution >= 0.6 is 0 Å². The molecule has 1 fully saturated rings. The fraction of sp³-hybridized carbons (Fsp3) is 0.625. The van der Waals surface area contributed by atoms with Gasteiger partial charge in [-0.3, -0.25) is 0 Å². The van der Waals surface area contributed by atoms with Gasteiger partial charge < -0.3 is 24.8 Å². The lowest BCUT2D eigenvalue weighted by atomic mass is 9.90. The Hall–Kier alpha value is -1.14. The first kappa shape index (κ1) is 14.8. The van der Waals surface area contributed by atoms with E-state index in [0.29, 0.717) is 25.0 Å². The lowest BCUT2D eigenvalue weighted by Crippen LogP contribution is -2.61. The molecule has 5 heteroatoms. The largest absolute Gasteiger partial charge is 0.459 e. The average molecular weight is 294 g/mol. The highest BCUT2D eigenvalue weighted by Crippen LogP contribution is 2.40. The Morgan fingerprint density at radius 3 is 2.86 bits per heavy atom. The zero-order valence-electron chi connectivity index (χ0n) is 11.9. The van der Waals surface area contributed by atoms with Gasteiger partial charge in [0, 0.05) is 19.4 Å². The molecule has 3 N–H and O–H groups in total. The molecule has 2 heterocycles. The van der Waals surface area contributed by atoms with Crippen molar-refractivity contribution in [1.82, 2.24) is 0 Å². The smallest absolute Gasteiger partial charge is 0.239 e. The van der Waals surface area contributed by atoms with Gasteiger partial charge in [0.25, 0.3) is 0 Å². The number of rotatable bonds is 2. The van der Waals surface area contributed by atoms with Gasteiger partial charge in [-0.15, -0.1) is 0 Å². The maximum atomic E-state index is 10.4. The molecule has 1 spiro atoms. The number of aliphatic hydroxyl groups is 3. The fourth-order valence-electron chi connectivity index (χ4n) is 3.28. The lowest BCUT2D eigenvalue weighted by Gasteiger charge is -2.46. The van der Waals surface area contributed by atoms with Crippen LogP contribution in [0.4, 0.5) is 0 Å². The molecule has 0 aliphatic carbocycles. The molecule has 0 amide bonds. The molecular weight excluding hydrogens is 272 g/mol. The molecule has 1 aromatic carbocycles. The van der Waals surface area contributed by atoms with Crippen molar-refractivity contribution in [2.45, 2.75) is 56.2 Å². The summed E-state index contributed by atoms with van der Waals surface area (Å²) in [6.45, 7) is -0.0137. The second-order valence-corrected chi connectivity index (χ2v) is 5.88. The van der Waals surface area contributed by atoms with E-state index < -0.39 is 18.0 Å². The second-order valence-electron chi connectivity index (χ2n) is 5.88. The molecular formula is C16H22O5. The van der Waals surface area contributed by atoms with Crippen molar-refractivity contribution < 1.29 is 24.8 Å². The number of aliphatic hydroxyl groups excluding tert-OH is 3. The highest BCUT2D eigenvalue weighted by atomic mass is 16.7. The van der Waals surface area contributed by atoms with Crippen LogP contribution in [0.3, 0.4) is 0 Å². The van der Waals surface area contributed by atoms with E-state index in [1.165, 1.54) is 0 Å². The summed E-state index contributed by atoms with van der Waals surface area (Å²) >= 11 is 0. The minimum absolute atomic E-state index is 0.0137. The summed E-state index contributed by atoms with van der Waals surface area (Å²) in [7, 11) is 0. The van der Waals surface area contributed by atoms with Crippen LogP contribution in [-0.4, -0.2) is 46.0 Å². The molecule has 4 atom stereocenters. The molecule has 1 saturated heterocycles. The molecule has 21 heavy (non-hydrogen) atoms. The number of benzene rings is 1. The summed E-state index contributed by atoms with van der Waals surface area (Å²) in [4.78, 5) is 0. The first-order chi connectivity index (χ1) is 10.1. The highest BCUT2D eigenvalue weighted by molar-refractivity contribution is 5.35. The Balaban J connectivity index is 1.90. The first-order valence-corrected chi connectivity index (χ1v) is 7.56. The summed E-state index contributed by atoms with van der Waals surface area (Å²) < 4.78 is 12.0. The molecule has 0 unspecified atom stereocenters. The number of hydrogen-bond acceptors (Lipinski definition) is 5. The van der Waals surface area contributed by atoms with Gasteiger partial charge in [-0.1, -0.05) is 18.2 Å². The molecule has 1 aromatic rings. The molecule has 2 aliphatic heterocycles. The monoisotopic (exact) mass is 294 g/mol. The van der Waals surface area contributed by atoms with Crippen LogP contribution in [0.2, 0.25) is 0 Å². The third-order valence-corrected chi connectivity index (χ3v) is 4.36. The van der Waals surface area contributed by atoms with Crippen molar-refractivity contribution in [3.63, 3.8) is 0 Å². The minimum atomic E-state index is -1.22. The van der Waals surface area contributed by atoms with E-state index >= 15 is 0 Å². The van der Waals surface area contributed by atoms with Crippen LogP contribution in [0.15, 0.2) is 24.3 Å². The lowest BCUT2D eigenvalue weighted by molar-refractivity contribution is -0.311. The molecule has 0 bridgehead atoms. The molecule has 116 valence electrons. The third kappa shape index (κ3) is 2.79. The Morgan fingerprint density at radius 2 is 2.05 bits per heavy atom. The zero-order valence-corrected chi connectivity index (χ0v) is 11.9. The maximum absolute atomic E-state index is 10.4. The normalized spacial score (nSPS) is 35.9. The van der Waals surface area contributed by atoms with Gasteiger partial charge in [-0.25, -0.2) is 0 Å². The van der Waals surface area contributed by atoms with Gasteiger partial charge in [0.05, 0.1) is 12.2 Å². The summed E-state index contributed by atoms with van der Waals surface area (Å²) in [5, 5.41) is 29.7. The topological polar surface area (TPSA) is 79.2 Å². The van der Waals surface area contributed by atoms with E-state index in [9.17, 15) is 10.2 Å². The van der Waals surface area contributed by atoms with E-state index in [4.69, 9.17) is 14.6 Å². The van der Waals surface area contributed by atoms with Crippen molar-refractivity contribution in [2.24, 2.45) is 0 Å². The van der Waals surface area contributed by atoms with Gasteiger partial charge in [-0.2, -0.15) is 0 Å². The molecule has 0 aromatic heterocycles. The van der Waals surface area contributed by atoms with Crippen molar-refractivity contribution in [3.05, 3.63) is 29.8 Å². The van der Waals surface area contributed by atoms with Crippen LogP contribution in [0, 0.1) is 0 Å². The molecule has 3 rings (SSSR count). The van der Waals surface area contributed by atoms with Crippen LogP contribution in [0.25, 0.3) is 0 Å². The fourth-order valence-corrected chi connectivity index (χ4v) is 3.28. The van der Waals surface area contributed by atoms with Crippen LogP contribution in [-0.2, 0) is 11.2 Å². The predicted octanol–water partition coefficient (Wildman–Crippen LogP) is 0.991. The Labute approximate surface area is 124 Å². The third-order valence-electron chi connectivity index (χ3n) is 4.36. The maximum Gasteiger partial charge on any atom is 0.239 e. The molecule has 5 nitrogen and oxygen atoms in total. The van der Waals surface area contributed by atoms with Crippen LogP contribution < -0.4 is 4.74 Å². The predicted molar refractivity (Wildman–Crippen MR) is 75.9 cm³/mol. The van der Waals surface area contributed by atoms with E-state index in [1.807, 2.05) is 24.3 Å². The number of para-hydroxylation sites is 1. The van der Waals surface area contributed by atoms with Crippen LogP contribution in [0.5, 0.6) is 5.75 Å². The SMILES string of the molecule is OCC[C@@H]1C[C@@H](O)[C@H](O)[C@@]2(CCCc3ccccc3O2)O1. The van der Waals surface area contributed by atoms with Gasteiger partial charge in [0.15, 0.2) is 0 Å². The molecule has 2 aliphatic rings. The first-order valence-electron chi connectivity index (χ1n) is 7.56. The van der Waals surface area contributed by atoms with Gasteiger partial charge in [0.1, 0.15) is 11.9 Å². The van der Waals surface area contributed by atoms with Crippen molar-refractivity contribution >= 4 is 0 Å². The average Bonchev–Trinajstić information content (AvgIpc) is 2.65. The van der Waals surface area contributed by atoms with Crippen LogP contribution in [0.1, 0.15) is 31.2 Å². The zero-order chi connectivity index (χ0) is 14.9. The van der Waals surface area contributed by atoms with E-state index in [-0.39, 0.29) is 12.7 Å². The van der Waals surface area contributed by atoms with Crippen molar-refractivity contribution in [3.8, 4) is 5.75 Å². The van der Waals surface area contributed by atoms with E-state index in [2.05, 4.69) is 0 Å². The Bertz CT molecular complexity index is 491. The van der Waals surface area contributed by atoms with Crippen molar-refractivity contribution in [2.75, 3.05) is 6.61 Å². The minimum Gasteiger partial charge on any atom is -0.459 e. The summed E-state index contributed by atoms with van der Waals surface area (Å²) in [5.41, 5.74) is 1.09. The second kappa shape index (κ2) is 5.93. The van der Waals surface area contributed by atoms with Crippen molar-refractivity contribution in [1.29, 1.82) is 0 Å². The van der Waals surface area contributed by atoms with E-state index in [1.54, 1.807) is 0 Å².